The van der Waals surface area contributed by atoms with Crippen molar-refractivity contribution in [2.24, 2.45) is 0 Å². The molecule has 21 heavy (non-hydrogen) atoms. The lowest BCUT2D eigenvalue weighted by molar-refractivity contribution is 0.928. The van der Waals surface area contributed by atoms with Crippen LogP contribution in [0.4, 0.5) is 0 Å². The molecule has 0 nitrogen and oxygen atoms in total. The van der Waals surface area contributed by atoms with Crippen molar-refractivity contribution in [2.45, 2.75) is 24.6 Å². The smallest absolute Gasteiger partial charge is 0.0631 e. The predicted molar refractivity (Wildman–Crippen MR) is 90.1 cm³/mol. The summed E-state index contributed by atoms with van der Waals surface area (Å²) in [6.45, 7) is 0. The Hall–Kier alpha value is -1.79. The number of aryl methyl sites for hydroxylation is 2. The number of rotatable bonds is 3. The van der Waals surface area contributed by atoms with E-state index in [0.717, 1.165) is 6.42 Å². The molecule has 0 aromatic heterocycles. The van der Waals surface area contributed by atoms with E-state index in [1.54, 1.807) is 0 Å². The highest BCUT2D eigenvalue weighted by molar-refractivity contribution is 6.22. The van der Waals surface area contributed by atoms with Gasteiger partial charge in [-0.3, -0.25) is 0 Å². The summed E-state index contributed by atoms with van der Waals surface area (Å²) in [5.41, 5.74) is 5.52. The van der Waals surface area contributed by atoms with Crippen molar-refractivity contribution in [1.82, 2.24) is 0 Å². The molecule has 1 unspecified atom stereocenters. The van der Waals surface area contributed by atoms with Crippen LogP contribution in [0, 0.1) is 0 Å². The Labute approximate surface area is 130 Å². The minimum Gasteiger partial charge on any atom is -0.117 e. The fourth-order valence-electron chi connectivity index (χ4n) is 3.47. The fourth-order valence-corrected chi connectivity index (χ4v) is 3.84. The average molecular weight is 293 g/mol. The molecule has 0 amide bonds. The Balaban J connectivity index is 1.77. The number of benzene rings is 3. The van der Waals surface area contributed by atoms with Gasteiger partial charge in [-0.1, -0.05) is 60.7 Å². The molecule has 0 N–H and O–H groups in total. The third-order valence-electron chi connectivity index (χ3n) is 4.51. The van der Waals surface area contributed by atoms with Crippen molar-refractivity contribution in [3.05, 3.63) is 82.9 Å². The lowest BCUT2D eigenvalue weighted by Crippen LogP contribution is -1.97. The first-order valence-electron chi connectivity index (χ1n) is 7.54. The van der Waals surface area contributed by atoms with E-state index in [9.17, 15) is 0 Å². The molecular weight excluding hydrogens is 276 g/mol. The van der Waals surface area contributed by atoms with Gasteiger partial charge in [0.15, 0.2) is 0 Å². The molecule has 0 fully saturated rings. The first-order valence-corrected chi connectivity index (χ1v) is 7.98. The van der Waals surface area contributed by atoms with E-state index in [2.05, 4.69) is 54.6 Å². The Morgan fingerprint density at radius 2 is 1.57 bits per heavy atom. The van der Waals surface area contributed by atoms with E-state index >= 15 is 0 Å². The molecule has 4 rings (SSSR count). The Morgan fingerprint density at radius 1 is 0.810 bits per heavy atom. The molecule has 0 spiro atoms. The minimum absolute atomic E-state index is 0.0253. The molecule has 0 radical (unpaired) electrons. The third-order valence-corrected chi connectivity index (χ3v) is 4.90. The maximum atomic E-state index is 6.74. The van der Waals surface area contributed by atoms with Gasteiger partial charge in [0, 0.05) is 0 Å². The summed E-state index contributed by atoms with van der Waals surface area (Å²) in [5, 5.41) is 2.82. The van der Waals surface area contributed by atoms with Crippen molar-refractivity contribution < 1.29 is 0 Å². The van der Waals surface area contributed by atoms with E-state index in [1.165, 1.54) is 45.9 Å². The topological polar surface area (TPSA) is 0 Å². The molecule has 0 aliphatic heterocycles. The predicted octanol–water partition coefficient (Wildman–Crippen LogP) is 5.46. The number of hydrogen-bond acceptors (Lipinski definition) is 0. The van der Waals surface area contributed by atoms with Gasteiger partial charge >= 0.3 is 0 Å². The maximum absolute atomic E-state index is 6.74. The molecule has 104 valence electrons. The Kier molecular flexibility index (Phi) is 3.20. The third kappa shape index (κ3) is 2.24. The summed E-state index contributed by atoms with van der Waals surface area (Å²) < 4.78 is 0. The van der Waals surface area contributed by atoms with Crippen molar-refractivity contribution in [3.8, 4) is 0 Å². The monoisotopic (exact) mass is 292 g/mol. The molecule has 0 heterocycles. The molecular formula is C20H17Cl. The fraction of sp³-hybridized carbons (Fsp3) is 0.200. The summed E-state index contributed by atoms with van der Waals surface area (Å²) in [6.07, 6.45) is 3.21. The highest BCUT2D eigenvalue weighted by atomic mass is 35.5. The molecule has 0 saturated heterocycles. The van der Waals surface area contributed by atoms with Crippen LogP contribution in [0.1, 0.15) is 27.6 Å². The van der Waals surface area contributed by atoms with E-state index in [-0.39, 0.29) is 5.38 Å². The molecule has 1 aliphatic rings. The average Bonchev–Trinajstić information content (AvgIpc) is 2.94. The van der Waals surface area contributed by atoms with Crippen molar-refractivity contribution in [3.63, 3.8) is 0 Å². The number of halogens is 1. The van der Waals surface area contributed by atoms with E-state index in [0.29, 0.717) is 0 Å². The molecule has 3 aromatic rings. The molecule has 1 heteroatoms. The lowest BCUT2D eigenvalue weighted by Gasteiger charge is -2.14. The zero-order valence-corrected chi connectivity index (χ0v) is 12.6. The van der Waals surface area contributed by atoms with Crippen molar-refractivity contribution in [2.75, 3.05) is 0 Å². The van der Waals surface area contributed by atoms with E-state index < -0.39 is 0 Å². The highest BCUT2D eigenvalue weighted by Gasteiger charge is 2.19. The molecule has 3 aromatic carbocycles. The lowest BCUT2D eigenvalue weighted by atomic mass is 9.95. The van der Waals surface area contributed by atoms with Crippen LogP contribution in [0.2, 0.25) is 0 Å². The maximum Gasteiger partial charge on any atom is 0.0631 e. The van der Waals surface area contributed by atoms with Gasteiger partial charge in [-0.15, -0.1) is 11.6 Å². The van der Waals surface area contributed by atoms with Crippen LogP contribution in [0.15, 0.2) is 60.7 Å². The highest BCUT2D eigenvalue weighted by Crippen LogP contribution is 2.37. The van der Waals surface area contributed by atoms with Gasteiger partial charge in [0.25, 0.3) is 0 Å². The van der Waals surface area contributed by atoms with Crippen LogP contribution >= 0.6 is 11.6 Å². The standard InChI is InChI=1S/C20H17Cl/c21-19(13-14-5-2-1-3-6-14)17-12-11-16-10-9-15-7-4-8-18(17)20(15)16/h1-8,11-12,19H,9-10,13H2. The van der Waals surface area contributed by atoms with Gasteiger partial charge in [-0.25, -0.2) is 0 Å². The molecule has 1 aliphatic carbocycles. The van der Waals surface area contributed by atoms with Gasteiger partial charge in [-0.05, 0) is 52.3 Å². The number of hydrogen-bond donors (Lipinski definition) is 0. The van der Waals surface area contributed by atoms with E-state index in [1.807, 2.05) is 6.07 Å². The summed E-state index contributed by atoms with van der Waals surface area (Å²) in [5.74, 6) is 0. The second kappa shape index (κ2) is 5.20. The number of alkyl halides is 1. The normalized spacial score (nSPS) is 14.5. The largest absolute Gasteiger partial charge is 0.117 e. The zero-order chi connectivity index (χ0) is 14.2. The van der Waals surface area contributed by atoms with Crippen LogP contribution < -0.4 is 0 Å². The Morgan fingerprint density at radius 3 is 2.38 bits per heavy atom. The van der Waals surface area contributed by atoms with Crippen LogP contribution in [-0.2, 0) is 19.3 Å². The minimum atomic E-state index is 0.0253. The van der Waals surface area contributed by atoms with Crippen LogP contribution in [0.5, 0.6) is 0 Å². The zero-order valence-electron chi connectivity index (χ0n) is 11.9. The molecule has 1 atom stereocenters. The summed E-state index contributed by atoms with van der Waals surface area (Å²) in [6, 6.07) is 21.6. The van der Waals surface area contributed by atoms with Crippen LogP contribution in [0.3, 0.4) is 0 Å². The van der Waals surface area contributed by atoms with Crippen LogP contribution in [0.25, 0.3) is 10.8 Å². The van der Waals surface area contributed by atoms with Gasteiger partial charge in [0.05, 0.1) is 5.38 Å². The SMILES string of the molecule is ClC(Cc1ccccc1)c1ccc2c3c(cccc13)CC2. The van der Waals surface area contributed by atoms with Gasteiger partial charge < -0.3 is 0 Å². The quantitative estimate of drug-likeness (QED) is 0.562. The Bertz CT molecular complexity index is 779. The van der Waals surface area contributed by atoms with Crippen molar-refractivity contribution in [1.29, 1.82) is 0 Å². The summed E-state index contributed by atoms with van der Waals surface area (Å²) in [7, 11) is 0. The van der Waals surface area contributed by atoms with Gasteiger partial charge in [0.2, 0.25) is 0 Å². The van der Waals surface area contributed by atoms with E-state index in [4.69, 9.17) is 11.6 Å². The molecule has 0 saturated carbocycles. The first-order chi connectivity index (χ1) is 10.3. The molecule has 0 bridgehead atoms. The first kappa shape index (κ1) is 12.9. The summed E-state index contributed by atoms with van der Waals surface area (Å²) in [4.78, 5) is 0. The van der Waals surface area contributed by atoms with Gasteiger partial charge in [0.1, 0.15) is 0 Å². The van der Waals surface area contributed by atoms with Gasteiger partial charge in [-0.2, -0.15) is 0 Å². The second-order valence-corrected chi connectivity index (χ2v) is 6.34. The van der Waals surface area contributed by atoms with Crippen LogP contribution in [-0.4, -0.2) is 0 Å². The summed E-state index contributed by atoms with van der Waals surface area (Å²) >= 11 is 6.74. The second-order valence-electron chi connectivity index (χ2n) is 5.81. The van der Waals surface area contributed by atoms with Crippen molar-refractivity contribution >= 4 is 22.4 Å².